The number of amides is 2. The maximum absolute atomic E-state index is 11.6. The zero-order chi connectivity index (χ0) is 14.6. The molecule has 0 saturated carbocycles. The minimum atomic E-state index is -1.12. The number of aliphatic carboxylic acids is 1. The lowest BCUT2D eigenvalue weighted by atomic mass is 10.2. The molecule has 104 valence electrons. The predicted octanol–water partition coefficient (Wildman–Crippen LogP) is 3.63. The molecular weight excluding hydrogens is 314 g/mol. The van der Waals surface area contributed by atoms with Gasteiger partial charge in [0.2, 0.25) is 0 Å². The van der Waals surface area contributed by atoms with Crippen LogP contribution in [0, 0.1) is 0 Å². The summed E-state index contributed by atoms with van der Waals surface area (Å²) < 4.78 is 0. The second-order valence-corrected chi connectivity index (χ2v) is 4.89. The van der Waals surface area contributed by atoms with Gasteiger partial charge in [0.25, 0.3) is 0 Å². The molecule has 0 aliphatic carbocycles. The molecule has 0 bridgehead atoms. The lowest BCUT2D eigenvalue weighted by Gasteiger charge is -2.14. The Kier molecular flexibility index (Phi) is 5.72. The summed E-state index contributed by atoms with van der Waals surface area (Å²) in [5, 5.41) is 14.2. The van der Waals surface area contributed by atoms with Crippen molar-refractivity contribution in [1.29, 1.82) is 0 Å². The molecule has 3 N–H and O–H groups in total. The van der Waals surface area contributed by atoms with Gasteiger partial charge in [-0.3, -0.25) is 0 Å². The van der Waals surface area contributed by atoms with Gasteiger partial charge in [-0.2, -0.15) is 0 Å². The van der Waals surface area contributed by atoms with Crippen molar-refractivity contribution in [1.82, 2.24) is 5.32 Å². The van der Waals surface area contributed by atoms with Crippen LogP contribution in [-0.2, 0) is 4.79 Å². The Bertz CT molecular complexity index is 485. The highest BCUT2D eigenvalue weighted by atomic mass is 35.5. The molecule has 1 rings (SSSR count). The van der Waals surface area contributed by atoms with E-state index in [1.807, 2.05) is 0 Å². The van der Waals surface area contributed by atoms with Gasteiger partial charge in [0.15, 0.2) is 0 Å². The van der Waals surface area contributed by atoms with Crippen molar-refractivity contribution < 1.29 is 14.7 Å². The molecule has 1 atom stereocenters. The lowest BCUT2D eigenvalue weighted by Crippen LogP contribution is -2.42. The van der Waals surface area contributed by atoms with Gasteiger partial charge >= 0.3 is 12.0 Å². The summed E-state index contributed by atoms with van der Waals surface area (Å²) in [6.07, 6.45) is 0.255. The molecule has 0 aliphatic rings. The van der Waals surface area contributed by atoms with E-state index in [0.717, 1.165) is 0 Å². The number of carbonyl (C=O) groups excluding carboxylic acids is 1. The van der Waals surface area contributed by atoms with Gasteiger partial charge in [-0.1, -0.05) is 41.7 Å². The van der Waals surface area contributed by atoms with E-state index in [1.165, 1.54) is 12.1 Å². The first-order chi connectivity index (χ1) is 8.85. The van der Waals surface area contributed by atoms with Gasteiger partial charge < -0.3 is 15.7 Å². The molecule has 2 amide bonds. The van der Waals surface area contributed by atoms with Crippen LogP contribution in [0.3, 0.4) is 0 Å². The van der Waals surface area contributed by atoms with Crippen LogP contribution in [0.4, 0.5) is 10.5 Å². The van der Waals surface area contributed by atoms with Crippen molar-refractivity contribution in [2.45, 2.75) is 19.4 Å². The molecule has 1 aromatic carbocycles. The first-order valence-corrected chi connectivity index (χ1v) is 6.43. The zero-order valence-corrected chi connectivity index (χ0v) is 12.1. The molecule has 0 heterocycles. The van der Waals surface area contributed by atoms with Crippen LogP contribution >= 0.6 is 34.8 Å². The summed E-state index contributed by atoms with van der Waals surface area (Å²) in [5.41, 5.74) is 0.172. The van der Waals surface area contributed by atoms with E-state index in [-0.39, 0.29) is 22.2 Å². The van der Waals surface area contributed by atoms with Crippen molar-refractivity contribution >= 4 is 52.5 Å². The molecular formula is C11H11Cl3N2O3. The number of halogens is 3. The summed E-state index contributed by atoms with van der Waals surface area (Å²) in [6.45, 7) is 1.64. The van der Waals surface area contributed by atoms with Gasteiger partial charge in [-0.25, -0.2) is 9.59 Å². The van der Waals surface area contributed by atoms with Gasteiger partial charge in [0, 0.05) is 5.02 Å². The second kappa shape index (κ2) is 6.84. The van der Waals surface area contributed by atoms with E-state index in [0.29, 0.717) is 5.02 Å². The smallest absolute Gasteiger partial charge is 0.326 e. The third kappa shape index (κ3) is 4.45. The summed E-state index contributed by atoms with van der Waals surface area (Å²) in [5.74, 6) is -1.12. The minimum Gasteiger partial charge on any atom is -0.480 e. The Balaban J connectivity index is 2.80. The number of carboxylic acids is 1. The van der Waals surface area contributed by atoms with E-state index in [2.05, 4.69) is 10.6 Å². The largest absolute Gasteiger partial charge is 0.480 e. The third-order valence-corrected chi connectivity index (χ3v) is 3.07. The summed E-state index contributed by atoms with van der Waals surface area (Å²) >= 11 is 17.5. The highest BCUT2D eigenvalue weighted by molar-refractivity contribution is 6.42. The Morgan fingerprint density at radius 2 is 1.79 bits per heavy atom. The molecule has 5 nitrogen and oxygen atoms in total. The van der Waals surface area contributed by atoms with Crippen LogP contribution in [0.2, 0.25) is 15.1 Å². The highest BCUT2D eigenvalue weighted by Gasteiger charge is 2.18. The minimum absolute atomic E-state index is 0.163. The fourth-order valence-corrected chi connectivity index (χ4v) is 2.22. The molecule has 19 heavy (non-hydrogen) atoms. The Labute approximate surface area is 124 Å². The van der Waals surface area contributed by atoms with Crippen LogP contribution in [0.15, 0.2) is 12.1 Å². The molecule has 0 saturated heterocycles. The summed E-state index contributed by atoms with van der Waals surface area (Å²) in [4.78, 5) is 22.4. The van der Waals surface area contributed by atoms with Crippen molar-refractivity contribution in [3.63, 3.8) is 0 Å². The fourth-order valence-electron chi connectivity index (χ4n) is 1.31. The van der Waals surface area contributed by atoms with Crippen LogP contribution in [-0.4, -0.2) is 23.1 Å². The molecule has 0 unspecified atom stereocenters. The Morgan fingerprint density at radius 3 is 2.21 bits per heavy atom. The van der Waals surface area contributed by atoms with Crippen LogP contribution in [0.5, 0.6) is 0 Å². The van der Waals surface area contributed by atoms with Gasteiger partial charge in [0.1, 0.15) is 6.04 Å². The maximum Gasteiger partial charge on any atom is 0.326 e. The third-order valence-electron chi connectivity index (χ3n) is 2.26. The number of benzene rings is 1. The van der Waals surface area contributed by atoms with E-state index in [9.17, 15) is 9.59 Å². The Morgan fingerprint density at radius 1 is 1.26 bits per heavy atom. The van der Waals surface area contributed by atoms with Crippen LogP contribution in [0.1, 0.15) is 13.3 Å². The SMILES string of the molecule is CC[C@H](NC(=O)Nc1c(Cl)cc(Cl)cc1Cl)C(=O)O. The van der Waals surface area contributed by atoms with Gasteiger partial charge in [0.05, 0.1) is 15.7 Å². The number of nitrogens with one attached hydrogen (secondary N) is 2. The molecule has 0 spiro atoms. The van der Waals surface area contributed by atoms with Crippen LogP contribution in [0.25, 0.3) is 0 Å². The topological polar surface area (TPSA) is 78.4 Å². The van der Waals surface area contributed by atoms with E-state index >= 15 is 0 Å². The second-order valence-electron chi connectivity index (χ2n) is 3.64. The first kappa shape index (κ1) is 15.9. The number of anilines is 1. The number of urea groups is 1. The van der Waals surface area contributed by atoms with Gasteiger partial charge in [-0.15, -0.1) is 0 Å². The number of carboxylic acid groups (broad SMARTS) is 1. The van der Waals surface area contributed by atoms with Crippen molar-refractivity contribution in [2.24, 2.45) is 0 Å². The summed E-state index contributed by atoms with van der Waals surface area (Å²) in [7, 11) is 0. The molecule has 8 heteroatoms. The first-order valence-electron chi connectivity index (χ1n) is 5.30. The highest BCUT2D eigenvalue weighted by Crippen LogP contribution is 2.33. The molecule has 0 aliphatic heterocycles. The van der Waals surface area contributed by atoms with E-state index < -0.39 is 18.0 Å². The van der Waals surface area contributed by atoms with Crippen molar-refractivity contribution in [3.05, 3.63) is 27.2 Å². The van der Waals surface area contributed by atoms with Crippen molar-refractivity contribution in [2.75, 3.05) is 5.32 Å². The average molecular weight is 326 g/mol. The lowest BCUT2D eigenvalue weighted by molar-refractivity contribution is -0.139. The monoisotopic (exact) mass is 324 g/mol. The summed E-state index contributed by atoms with van der Waals surface area (Å²) in [6, 6.07) is 1.14. The molecule has 0 aromatic heterocycles. The molecule has 0 radical (unpaired) electrons. The predicted molar refractivity (Wildman–Crippen MR) is 75.3 cm³/mol. The van der Waals surface area contributed by atoms with E-state index in [4.69, 9.17) is 39.9 Å². The number of hydrogen-bond acceptors (Lipinski definition) is 2. The normalized spacial score (nSPS) is 11.8. The molecule has 0 fully saturated rings. The average Bonchev–Trinajstić information content (AvgIpc) is 2.30. The standard InChI is InChI=1S/C11H11Cl3N2O3/c1-2-8(10(17)18)15-11(19)16-9-6(13)3-5(12)4-7(9)14/h3-4,8H,2H2,1H3,(H,17,18)(H2,15,16,19)/t8-/m0/s1. The molecule has 1 aromatic rings. The fraction of sp³-hybridized carbons (Fsp3) is 0.273. The maximum atomic E-state index is 11.6. The number of hydrogen-bond donors (Lipinski definition) is 3. The zero-order valence-electron chi connectivity index (χ0n) is 9.84. The number of rotatable bonds is 4. The quantitative estimate of drug-likeness (QED) is 0.791. The number of carbonyl (C=O) groups is 2. The van der Waals surface area contributed by atoms with Crippen LogP contribution < -0.4 is 10.6 Å². The van der Waals surface area contributed by atoms with E-state index in [1.54, 1.807) is 6.92 Å². The van der Waals surface area contributed by atoms with Crippen molar-refractivity contribution in [3.8, 4) is 0 Å². The van der Waals surface area contributed by atoms with Gasteiger partial charge in [-0.05, 0) is 18.6 Å². The Hall–Kier alpha value is -1.17.